The molecule has 2 aliphatic rings. The molecule has 0 radical (unpaired) electrons. The van der Waals surface area contributed by atoms with Gasteiger partial charge in [-0.2, -0.15) is 0 Å². The number of carbonyl (C=O) groups excluding carboxylic acids is 3. The van der Waals surface area contributed by atoms with Crippen LogP contribution in [0.2, 0.25) is 5.02 Å². The quantitative estimate of drug-likeness (QED) is 0.361. The van der Waals surface area contributed by atoms with Gasteiger partial charge in [0.2, 0.25) is 5.91 Å². The zero-order valence-corrected chi connectivity index (χ0v) is 27.5. The maximum atomic E-state index is 14.1. The van der Waals surface area contributed by atoms with Gasteiger partial charge in [-0.25, -0.2) is 4.79 Å². The molecule has 2 unspecified atom stereocenters. The average Bonchev–Trinajstić information content (AvgIpc) is 2.91. The summed E-state index contributed by atoms with van der Waals surface area (Å²) in [5, 5.41) is 6.84. The van der Waals surface area contributed by atoms with Crippen molar-refractivity contribution in [3.8, 4) is 0 Å². The highest BCUT2D eigenvalue weighted by atomic mass is 35.5. The third kappa shape index (κ3) is 8.53. The second-order valence-corrected chi connectivity index (χ2v) is 14.7. The summed E-state index contributed by atoms with van der Waals surface area (Å²) in [7, 11) is 0. The lowest BCUT2D eigenvalue weighted by molar-refractivity contribution is -0.124. The first kappa shape index (κ1) is 32.8. The summed E-state index contributed by atoms with van der Waals surface area (Å²) in [6.45, 7) is 14.5. The first-order chi connectivity index (χ1) is 20.1. The van der Waals surface area contributed by atoms with Gasteiger partial charge in [-0.15, -0.1) is 0 Å². The highest BCUT2D eigenvalue weighted by Gasteiger charge is 2.44. The number of carbonyl (C=O) groups is 3. The van der Waals surface area contributed by atoms with E-state index in [-0.39, 0.29) is 41.1 Å². The van der Waals surface area contributed by atoms with Crippen LogP contribution in [0.5, 0.6) is 0 Å². The molecule has 4 atom stereocenters. The molecule has 1 aliphatic heterocycles. The van der Waals surface area contributed by atoms with Crippen LogP contribution in [-0.4, -0.2) is 47.0 Å². The molecule has 2 fully saturated rings. The number of ether oxygens (including phenoxy) is 1. The van der Waals surface area contributed by atoms with E-state index in [1.54, 1.807) is 12.1 Å². The lowest BCUT2D eigenvalue weighted by Gasteiger charge is -2.47. The monoisotopic (exact) mass is 609 g/mol. The second kappa shape index (κ2) is 13.3. The molecule has 2 N–H and O–H groups in total. The van der Waals surface area contributed by atoms with E-state index >= 15 is 0 Å². The molecule has 4 rings (SSSR count). The fourth-order valence-electron chi connectivity index (χ4n) is 6.59. The molecule has 2 aromatic carbocycles. The number of likely N-dealkylation sites (tertiary alicyclic amines) is 1. The molecule has 2 aromatic rings. The first-order valence-electron chi connectivity index (χ1n) is 15.6. The number of nitrogens with zero attached hydrogens (tertiary/aromatic N) is 1. The average molecular weight is 610 g/mol. The number of benzene rings is 2. The van der Waals surface area contributed by atoms with Gasteiger partial charge in [0.1, 0.15) is 5.60 Å². The zero-order valence-electron chi connectivity index (χ0n) is 26.8. The Morgan fingerprint density at radius 3 is 2.37 bits per heavy atom. The van der Waals surface area contributed by atoms with E-state index in [0.717, 1.165) is 42.5 Å². The summed E-state index contributed by atoms with van der Waals surface area (Å²) in [6, 6.07) is 13.0. The number of rotatable bonds is 5. The fourth-order valence-corrected chi connectivity index (χ4v) is 6.81. The first-order valence-corrected chi connectivity index (χ1v) is 16.0. The van der Waals surface area contributed by atoms with E-state index in [0.29, 0.717) is 30.0 Å². The normalized spacial score (nSPS) is 22.9. The van der Waals surface area contributed by atoms with Crippen molar-refractivity contribution in [2.24, 2.45) is 11.8 Å². The van der Waals surface area contributed by atoms with Gasteiger partial charge in [0.25, 0.3) is 5.91 Å². The molecule has 8 heteroatoms. The predicted molar refractivity (Wildman–Crippen MR) is 173 cm³/mol. The molecule has 0 aromatic heterocycles. The molecule has 1 saturated carbocycles. The Kier molecular flexibility index (Phi) is 10.2. The third-order valence-corrected chi connectivity index (χ3v) is 8.85. The number of aryl methyl sites for hydroxylation is 1. The van der Waals surface area contributed by atoms with Crippen LogP contribution in [0.3, 0.4) is 0 Å². The van der Waals surface area contributed by atoms with Crippen LogP contribution >= 0.6 is 11.6 Å². The van der Waals surface area contributed by atoms with Crippen LogP contribution in [0, 0.1) is 18.8 Å². The van der Waals surface area contributed by atoms with Crippen molar-refractivity contribution in [3.05, 3.63) is 64.2 Å². The highest BCUT2D eigenvalue weighted by molar-refractivity contribution is 6.30. The lowest BCUT2D eigenvalue weighted by atomic mass is 9.72. The summed E-state index contributed by atoms with van der Waals surface area (Å²) in [5.41, 5.74) is 2.69. The molecule has 234 valence electrons. The zero-order chi connectivity index (χ0) is 31.5. The summed E-state index contributed by atoms with van der Waals surface area (Å²) >= 11 is 6.21. The fraction of sp³-hybridized carbons (Fsp3) is 0.571. The van der Waals surface area contributed by atoms with Gasteiger partial charge in [-0.05, 0) is 113 Å². The number of nitrogens with one attached hydrogen (secondary N) is 2. The number of alkyl carbamates (subject to hydrolysis) is 1. The van der Waals surface area contributed by atoms with Crippen LogP contribution < -0.4 is 10.6 Å². The van der Waals surface area contributed by atoms with Gasteiger partial charge in [0.05, 0.1) is 5.92 Å². The summed E-state index contributed by atoms with van der Waals surface area (Å²) < 4.78 is 5.53. The molecule has 0 bridgehead atoms. The van der Waals surface area contributed by atoms with E-state index < -0.39 is 11.7 Å². The Balaban J connectivity index is 1.63. The molecule has 1 aliphatic carbocycles. The summed E-state index contributed by atoms with van der Waals surface area (Å²) in [4.78, 5) is 42.8. The van der Waals surface area contributed by atoms with Gasteiger partial charge in [-0.3, -0.25) is 9.59 Å². The van der Waals surface area contributed by atoms with Crippen LogP contribution in [-0.2, 0) is 14.9 Å². The van der Waals surface area contributed by atoms with Crippen molar-refractivity contribution >= 4 is 35.2 Å². The third-order valence-electron chi connectivity index (χ3n) is 8.62. The van der Waals surface area contributed by atoms with E-state index in [9.17, 15) is 14.4 Å². The van der Waals surface area contributed by atoms with Crippen molar-refractivity contribution in [3.63, 3.8) is 0 Å². The van der Waals surface area contributed by atoms with Crippen molar-refractivity contribution < 1.29 is 19.1 Å². The van der Waals surface area contributed by atoms with Gasteiger partial charge in [-0.1, -0.05) is 50.9 Å². The minimum absolute atomic E-state index is 0.0437. The van der Waals surface area contributed by atoms with E-state index in [1.165, 1.54) is 0 Å². The Morgan fingerprint density at radius 1 is 0.953 bits per heavy atom. The Hall–Kier alpha value is -3.06. The number of hydrogen-bond acceptors (Lipinski definition) is 4. The minimum atomic E-state index is -0.589. The smallest absolute Gasteiger partial charge is 0.407 e. The molecular weight excluding hydrogens is 562 g/mol. The standard InChI is InChI=1S/C35H48ClN3O4/c1-22-19-25(36)16-17-28(22)32(41)39-18-10-15-29(31(40)37-27-14-9-12-24(21-27)34(2,3)4)30(39)23-11-8-13-26(20-23)38-33(42)43-35(5,6)7/h9,12,14,16-17,19,21,23,26,29-30H,8,10-11,13,15,18,20H2,1-7H3,(H,37,40)(H,38,42)/t23-,26?,29+,30?/m1/s1. The molecule has 1 saturated heterocycles. The number of anilines is 1. The van der Waals surface area contributed by atoms with Crippen molar-refractivity contribution in [1.29, 1.82) is 0 Å². The number of halogens is 1. The largest absolute Gasteiger partial charge is 0.444 e. The Labute approximate surface area is 262 Å². The molecule has 1 heterocycles. The molecular formula is C35H48ClN3O4. The maximum absolute atomic E-state index is 14.1. The van der Waals surface area contributed by atoms with Gasteiger partial charge < -0.3 is 20.3 Å². The van der Waals surface area contributed by atoms with Gasteiger partial charge in [0.15, 0.2) is 0 Å². The highest BCUT2D eigenvalue weighted by Crippen LogP contribution is 2.39. The van der Waals surface area contributed by atoms with E-state index in [2.05, 4.69) is 37.5 Å². The topological polar surface area (TPSA) is 87.7 Å². The lowest BCUT2D eigenvalue weighted by Crippen LogP contribution is -2.57. The van der Waals surface area contributed by atoms with Crippen molar-refractivity contribution in [1.82, 2.24) is 10.2 Å². The number of amides is 3. The molecule has 0 spiro atoms. The minimum Gasteiger partial charge on any atom is -0.444 e. The predicted octanol–water partition coefficient (Wildman–Crippen LogP) is 7.89. The summed E-state index contributed by atoms with van der Waals surface area (Å²) in [5.74, 6) is -0.478. The van der Waals surface area contributed by atoms with Crippen LogP contribution in [0.4, 0.5) is 10.5 Å². The Morgan fingerprint density at radius 2 is 1.70 bits per heavy atom. The van der Waals surface area contributed by atoms with E-state index in [1.807, 2.05) is 56.9 Å². The van der Waals surface area contributed by atoms with Crippen LogP contribution in [0.1, 0.15) is 102 Å². The molecule has 43 heavy (non-hydrogen) atoms. The van der Waals surface area contributed by atoms with Gasteiger partial charge >= 0.3 is 6.09 Å². The number of hydrogen-bond donors (Lipinski definition) is 2. The van der Waals surface area contributed by atoms with Crippen LogP contribution in [0.15, 0.2) is 42.5 Å². The van der Waals surface area contributed by atoms with E-state index in [4.69, 9.17) is 16.3 Å². The molecule has 7 nitrogen and oxygen atoms in total. The summed E-state index contributed by atoms with van der Waals surface area (Å²) in [6.07, 6.45) is 4.29. The molecule has 3 amide bonds. The van der Waals surface area contributed by atoms with Gasteiger partial charge in [0, 0.05) is 34.9 Å². The maximum Gasteiger partial charge on any atom is 0.407 e. The second-order valence-electron chi connectivity index (χ2n) is 14.3. The number of piperidine rings is 1. The van der Waals surface area contributed by atoms with Crippen molar-refractivity contribution in [2.75, 3.05) is 11.9 Å². The van der Waals surface area contributed by atoms with Crippen molar-refractivity contribution in [2.45, 2.75) is 110 Å². The SMILES string of the molecule is Cc1cc(Cl)ccc1C(=O)N1CCC[C@H](C(=O)Nc2cccc(C(C)(C)C)c2)C1[C@@H]1CCCC(NC(=O)OC(C)(C)C)C1. The van der Waals surface area contributed by atoms with Crippen LogP contribution in [0.25, 0.3) is 0 Å². The Bertz CT molecular complexity index is 1330.